The van der Waals surface area contributed by atoms with Crippen molar-refractivity contribution >= 4 is 0 Å². The number of rotatable bonds is 10. The Bertz CT molecular complexity index is 332. The molecule has 2 unspecified atom stereocenters. The molecular formula is C17H29FN2. The van der Waals surface area contributed by atoms with Crippen molar-refractivity contribution < 1.29 is 4.39 Å². The van der Waals surface area contributed by atoms with Crippen LogP contribution in [0.3, 0.4) is 0 Å². The molecule has 0 heterocycles. The van der Waals surface area contributed by atoms with Gasteiger partial charge < -0.3 is 9.80 Å². The van der Waals surface area contributed by atoms with Crippen molar-refractivity contribution in [2.24, 2.45) is 0 Å². The van der Waals surface area contributed by atoms with Crippen LogP contribution in [0.5, 0.6) is 0 Å². The second-order valence-corrected chi connectivity index (χ2v) is 5.36. The maximum atomic E-state index is 14.6. The summed E-state index contributed by atoms with van der Waals surface area (Å²) in [5.74, 6) is -0.0962. The van der Waals surface area contributed by atoms with Crippen molar-refractivity contribution in [1.29, 1.82) is 0 Å². The number of allylic oxidation sites excluding steroid dienone is 2. The Balaban J connectivity index is 5.76. The van der Waals surface area contributed by atoms with E-state index in [-0.39, 0.29) is 24.3 Å². The molecule has 0 saturated heterocycles. The van der Waals surface area contributed by atoms with Gasteiger partial charge in [-0.15, -0.1) is 19.7 Å². The molecule has 0 aliphatic heterocycles. The van der Waals surface area contributed by atoms with Gasteiger partial charge in [0.1, 0.15) is 5.83 Å². The van der Waals surface area contributed by atoms with Gasteiger partial charge in [-0.05, 0) is 46.6 Å². The fraction of sp³-hybridized carbons (Fsp3) is 0.529. The van der Waals surface area contributed by atoms with E-state index in [4.69, 9.17) is 0 Å². The van der Waals surface area contributed by atoms with Crippen molar-refractivity contribution in [2.45, 2.75) is 31.3 Å². The molecule has 0 fully saturated rings. The van der Waals surface area contributed by atoms with E-state index in [9.17, 15) is 4.39 Å². The fourth-order valence-corrected chi connectivity index (χ4v) is 2.38. The third kappa shape index (κ3) is 5.43. The average Bonchev–Trinajstić information content (AvgIpc) is 2.36. The number of hydrogen-bond acceptors (Lipinski definition) is 2. The third-order valence-corrected chi connectivity index (χ3v) is 3.38. The zero-order chi connectivity index (χ0) is 15.7. The predicted molar refractivity (Wildman–Crippen MR) is 87.5 cm³/mol. The Morgan fingerprint density at radius 1 is 0.900 bits per heavy atom. The lowest BCUT2D eigenvalue weighted by Gasteiger charge is -2.35. The summed E-state index contributed by atoms with van der Waals surface area (Å²) in [5.41, 5.74) is 0.805. The van der Waals surface area contributed by atoms with E-state index in [1.807, 2.05) is 50.1 Å². The molecule has 3 heteroatoms. The topological polar surface area (TPSA) is 6.48 Å². The highest BCUT2D eigenvalue weighted by atomic mass is 19.1. The van der Waals surface area contributed by atoms with Crippen LogP contribution in [0.4, 0.5) is 4.39 Å². The lowest BCUT2D eigenvalue weighted by molar-refractivity contribution is 0.256. The Labute approximate surface area is 124 Å². The highest BCUT2D eigenvalue weighted by molar-refractivity contribution is 5.25. The van der Waals surface area contributed by atoms with Crippen LogP contribution in [0.15, 0.2) is 49.4 Å². The van der Waals surface area contributed by atoms with E-state index < -0.39 is 0 Å². The Morgan fingerprint density at radius 2 is 1.30 bits per heavy atom. The van der Waals surface area contributed by atoms with Crippen LogP contribution in [0.2, 0.25) is 0 Å². The van der Waals surface area contributed by atoms with Crippen molar-refractivity contribution in [2.75, 3.05) is 28.2 Å². The summed E-state index contributed by atoms with van der Waals surface area (Å²) in [6.07, 6.45) is 6.98. The van der Waals surface area contributed by atoms with E-state index in [0.717, 1.165) is 5.57 Å². The van der Waals surface area contributed by atoms with Gasteiger partial charge in [0.25, 0.3) is 0 Å². The van der Waals surface area contributed by atoms with Crippen molar-refractivity contribution in [3.63, 3.8) is 0 Å². The monoisotopic (exact) mass is 280 g/mol. The molecule has 0 aliphatic rings. The minimum absolute atomic E-state index is 0.000185. The van der Waals surface area contributed by atoms with Crippen LogP contribution in [0.1, 0.15) is 19.3 Å². The Morgan fingerprint density at radius 3 is 1.55 bits per heavy atom. The summed E-state index contributed by atoms with van der Waals surface area (Å²) < 4.78 is 14.6. The lowest BCUT2D eigenvalue weighted by Crippen LogP contribution is -2.40. The Kier molecular flexibility index (Phi) is 9.10. The zero-order valence-corrected chi connectivity index (χ0v) is 13.4. The molecule has 0 spiro atoms. The number of nitrogens with zero attached hydrogens (tertiary/aromatic N) is 2. The van der Waals surface area contributed by atoms with E-state index in [2.05, 4.69) is 19.7 Å². The molecule has 0 aromatic rings. The van der Waals surface area contributed by atoms with Crippen LogP contribution >= 0.6 is 0 Å². The first-order valence-corrected chi connectivity index (χ1v) is 6.94. The van der Waals surface area contributed by atoms with E-state index >= 15 is 0 Å². The molecule has 0 N–H and O–H groups in total. The lowest BCUT2D eigenvalue weighted by atomic mass is 9.91. The van der Waals surface area contributed by atoms with E-state index in [0.29, 0.717) is 12.8 Å². The minimum atomic E-state index is -0.0962. The smallest absolute Gasteiger partial charge is 0.106 e. The van der Waals surface area contributed by atoms with Gasteiger partial charge in [0, 0.05) is 18.5 Å². The summed E-state index contributed by atoms with van der Waals surface area (Å²) in [6, 6.07) is -0.000370. The van der Waals surface area contributed by atoms with Gasteiger partial charge in [-0.3, -0.25) is 0 Å². The van der Waals surface area contributed by atoms with Crippen molar-refractivity contribution in [1.82, 2.24) is 9.80 Å². The fourth-order valence-electron chi connectivity index (χ4n) is 2.38. The molecule has 0 amide bonds. The zero-order valence-electron chi connectivity index (χ0n) is 13.4. The van der Waals surface area contributed by atoms with Gasteiger partial charge in [-0.25, -0.2) is 4.39 Å². The summed E-state index contributed by atoms with van der Waals surface area (Å²) in [7, 11) is 7.87. The molecule has 2 nitrogen and oxygen atoms in total. The van der Waals surface area contributed by atoms with Gasteiger partial charge in [-0.2, -0.15) is 0 Å². The SMILES string of the molecule is C=CCC(F)=C(C(CC=C)N(C)C)C(CC=C)N(C)C. The van der Waals surface area contributed by atoms with E-state index in [1.165, 1.54) is 0 Å². The molecule has 20 heavy (non-hydrogen) atoms. The van der Waals surface area contributed by atoms with Gasteiger partial charge in [0.2, 0.25) is 0 Å². The number of likely N-dealkylation sites (N-methyl/N-ethyl adjacent to an activating group) is 2. The highest BCUT2D eigenvalue weighted by Gasteiger charge is 2.27. The van der Waals surface area contributed by atoms with Crippen molar-refractivity contribution in [3.8, 4) is 0 Å². The van der Waals surface area contributed by atoms with Gasteiger partial charge in [0.05, 0.1) is 0 Å². The van der Waals surface area contributed by atoms with E-state index in [1.54, 1.807) is 6.08 Å². The second kappa shape index (κ2) is 9.67. The molecule has 0 aliphatic carbocycles. The summed E-state index contributed by atoms with van der Waals surface area (Å²) in [6.45, 7) is 11.2. The van der Waals surface area contributed by atoms with Crippen LogP contribution in [0, 0.1) is 0 Å². The summed E-state index contributed by atoms with van der Waals surface area (Å²) in [4.78, 5) is 4.08. The normalized spacial score (nSPS) is 13.9. The molecule has 114 valence electrons. The van der Waals surface area contributed by atoms with Crippen LogP contribution in [-0.4, -0.2) is 50.1 Å². The first kappa shape index (κ1) is 18.8. The van der Waals surface area contributed by atoms with Crippen LogP contribution < -0.4 is 0 Å². The maximum absolute atomic E-state index is 14.6. The molecule has 0 aromatic carbocycles. The third-order valence-electron chi connectivity index (χ3n) is 3.38. The predicted octanol–water partition coefficient (Wildman–Crippen LogP) is 3.80. The summed E-state index contributed by atoms with van der Waals surface area (Å²) in [5, 5.41) is 0. The van der Waals surface area contributed by atoms with Crippen LogP contribution in [-0.2, 0) is 0 Å². The maximum Gasteiger partial charge on any atom is 0.106 e. The van der Waals surface area contributed by atoms with Crippen molar-refractivity contribution in [3.05, 3.63) is 49.4 Å². The molecule has 2 atom stereocenters. The Hall–Kier alpha value is -1.19. The molecule has 0 radical (unpaired) electrons. The minimum Gasteiger partial charge on any atom is -0.302 e. The van der Waals surface area contributed by atoms with Gasteiger partial charge >= 0.3 is 0 Å². The van der Waals surface area contributed by atoms with Crippen LogP contribution in [0.25, 0.3) is 0 Å². The molecule has 0 saturated carbocycles. The highest BCUT2D eigenvalue weighted by Crippen LogP contribution is 2.27. The standard InChI is InChI=1S/C17H29FN2/c1-8-11-14(18)17(15(12-9-2)19(4)5)16(13-10-3)20(6)7/h8-10,15-16H,1-3,11-13H2,4-7H3. The number of hydrogen-bond donors (Lipinski definition) is 0. The molecular weight excluding hydrogens is 251 g/mol. The molecule has 0 bridgehead atoms. The first-order valence-electron chi connectivity index (χ1n) is 6.94. The van der Waals surface area contributed by atoms with Gasteiger partial charge in [-0.1, -0.05) is 18.2 Å². The quantitative estimate of drug-likeness (QED) is 0.562. The summed E-state index contributed by atoms with van der Waals surface area (Å²) >= 11 is 0. The largest absolute Gasteiger partial charge is 0.302 e. The van der Waals surface area contributed by atoms with Gasteiger partial charge in [0.15, 0.2) is 0 Å². The molecule has 0 rings (SSSR count). The first-order chi connectivity index (χ1) is 9.40. The average molecular weight is 280 g/mol. The molecule has 0 aromatic heterocycles. The second-order valence-electron chi connectivity index (χ2n) is 5.36. The number of halogens is 1.